The van der Waals surface area contributed by atoms with Gasteiger partial charge in [-0.2, -0.15) is 0 Å². The number of rotatable bonds is 9. The molecule has 0 aliphatic carbocycles. The van der Waals surface area contributed by atoms with Crippen LogP contribution in [0.15, 0.2) is 24.3 Å². The van der Waals surface area contributed by atoms with Crippen LogP contribution < -0.4 is 21.7 Å². The molecule has 0 saturated heterocycles. The average molecular weight is 305 g/mol. The van der Waals surface area contributed by atoms with Gasteiger partial charge in [-0.15, -0.1) is 0 Å². The quantitative estimate of drug-likeness (QED) is 0.244. The molecule has 120 valence electrons. The van der Waals surface area contributed by atoms with Crippen LogP contribution >= 0.6 is 0 Å². The summed E-state index contributed by atoms with van der Waals surface area (Å²) in [5.41, 5.74) is 6.90. The molecular weight excluding hydrogens is 282 g/mol. The van der Waals surface area contributed by atoms with Crippen LogP contribution in [0.5, 0.6) is 0 Å². The van der Waals surface area contributed by atoms with Gasteiger partial charge in [-0.25, -0.2) is 0 Å². The number of nitrogens with one attached hydrogen (secondary N) is 4. The lowest BCUT2D eigenvalue weighted by molar-refractivity contribution is -0.125. The number of hydrogen-bond acceptors (Lipinski definition) is 4. The minimum absolute atomic E-state index is 0.00924. The van der Waals surface area contributed by atoms with E-state index < -0.39 is 0 Å². The molecule has 1 rings (SSSR count). The highest BCUT2D eigenvalue weighted by atomic mass is 16.2. The van der Waals surface area contributed by atoms with Gasteiger partial charge in [0.05, 0.1) is 13.1 Å². The number of hydrogen-bond donors (Lipinski definition) is 5. The van der Waals surface area contributed by atoms with Gasteiger partial charge in [0.15, 0.2) is 0 Å². The number of nitrogens with two attached hydrogens (primary N) is 1. The molecule has 0 fully saturated rings. The molecule has 0 aliphatic heterocycles. The number of benzene rings is 1. The Bertz CT molecular complexity index is 513. The van der Waals surface area contributed by atoms with Gasteiger partial charge >= 0.3 is 0 Å². The molecule has 7 heteroatoms. The number of carbonyl (C=O) groups excluding carboxylic acids is 2. The smallest absolute Gasteiger partial charge is 0.239 e. The molecule has 2 amide bonds. The Hall–Kier alpha value is -2.41. The molecule has 0 spiro atoms. The van der Waals surface area contributed by atoms with Crippen molar-refractivity contribution in [2.75, 3.05) is 19.6 Å². The van der Waals surface area contributed by atoms with Crippen LogP contribution in [0.1, 0.15) is 24.5 Å². The summed E-state index contributed by atoms with van der Waals surface area (Å²) < 4.78 is 0. The summed E-state index contributed by atoms with van der Waals surface area (Å²) in [6, 6.07) is 7.05. The Labute approximate surface area is 130 Å². The van der Waals surface area contributed by atoms with Gasteiger partial charge in [-0.1, -0.05) is 31.2 Å². The Kier molecular flexibility index (Phi) is 7.63. The normalized spacial score (nSPS) is 10.0. The molecule has 0 radical (unpaired) electrons. The highest BCUT2D eigenvalue weighted by Crippen LogP contribution is 2.03. The molecule has 0 bridgehead atoms. The SMILES string of the molecule is CCCNCC(=O)NCC(=O)NCc1ccc(C(=N)N)cc1. The van der Waals surface area contributed by atoms with Gasteiger partial charge in [-0.05, 0) is 18.5 Å². The number of nitrogen functional groups attached to an aromatic ring is 1. The van der Waals surface area contributed by atoms with Crippen molar-refractivity contribution >= 4 is 17.6 Å². The first kappa shape index (κ1) is 17.6. The number of amides is 2. The van der Waals surface area contributed by atoms with E-state index in [1.807, 2.05) is 6.92 Å². The lowest BCUT2D eigenvalue weighted by Crippen LogP contribution is -2.40. The zero-order chi connectivity index (χ0) is 16.4. The topological polar surface area (TPSA) is 120 Å². The van der Waals surface area contributed by atoms with Crippen molar-refractivity contribution in [2.24, 2.45) is 5.73 Å². The molecule has 7 nitrogen and oxygen atoms in total. The Morgan fingerprint density at radius 2 is 1.73 bits per heavy atom. The first-order valence-corrected chi connectivity index (χ1v) is 7.20. The minimum Gasteiger partial charge on any atom is -0.384 e. The number of carbonyl (C=O) groups is 2. The first-order chi connectivity index (χ1) is 10.5. The molecule has 1 aromatic rings. The van der Waals surface area contributed by atoms with Crippen LogP contribution in [0, 0.1) is 5.41 Å². The lowest BCUT2D eigenvalue weighted by Gasteiger charge is -2.08. The molecule has 0 aliphatic rings. The Morgan fingerprint density at radius 3 is 2.32 bits per heavy atom. The van der Waals surface area contributed by atoms with E-state index in [1.54, 1.807) is 24.3 Å². The molecule has 0 aromatic heterocycles. The summed E-state index contributed by atoms with van der Waals surface area (Å²) >= 11 is 0. The predicted molar refractivity (Wildman–Crippen MR) is 85.5 cm³/mol. The van der Waals surface area contributed by atoms with E-state index in [1.165, 1.54) is 0 Å². The molecule has 0 saturated carbocycles. The number of amidine groups is 1. The summed E-state index contributed by atoms with van der Waals surface area (Å²) in [6.45, 7) is 3.32. The van der Waals surface area contributed by atoms with Crippen molar-refractivity contribution in [3.8, 4) is 0 Å². The van der Waals surface area contributed by atoms with Crippen molar-refractivity contribution in [1.82, 2.24) is 16.0 Å². The highest BCUT2D eigenvalue weighted by Gasteiger charge is 2.05. The van der Waals surface area contributed by atoms with Crippen LogP contribution in [-0.2, 0) is 16.1 Å². The second-order valence-electron chi connectivity index (χ2n) is 4.84. The second kappa shape index (κ2) is 9.51. The van der Waals surface area contributed by atoms with Crippen LogP contribution in [-0.4, -0.2) is 37.3 Å². The Morgan fingerprint density at radius 1 is 1.09 bits per heavy atom. The Balaban J connectivity index is 2.25. The standard InChI is InChI=1S/C15H23N5O2/c1-2-7-18-9-13(21)20-10-14(22)19-8-11-3-5-12(6-4-11)15(16)17/h3-6,18H,2,7-10H2,1H3,(H3,16,17)(H,19,22)(H,20,21). The fourth-order valence-corrected chi connectivity index (χ4v) is 1.69. The summed E-state index contributed by atoms with van der Waals surface area (Å²) in [5.74, 6) is -0.441. The van der Waals surface area contributed by atoms with Gasteiger partial charge < -0.3 is 21.7 Å². The van der Waals surface area contributed by atoms with E-state index in [-0.39, 0.29) is 30.7 Å². The first-order valence-electron chi connectivity index (χ1n) is 7.20. The summed E-state index contributed by atoms with van der Waals surface area (Å²) in [4.78, 5) is 23.0. The van der Waals surface area contributed by atoms with Crippen molar-refractivity contribution < 1.29 is 9.59 Å². The molecule has 0 unspecified atom stereocenters. The van der Waals surface area contributed by atoms with E-state index in [4.69, 9.17) is 11.1 Å². The molecule has 0 heterocycles. The fourth-order valence-electron chi connectivity index (χ4n) is 1.69. The van der Waals surface area contributed by atoms with Gasteiger partial charge in [0.2, 0.25) is 11.8 Å². The maximum absolute atomic E-state index is 11.6. The van der Waals surface area contributed by atoms with Crippen LogP contribution in [0.4, 0.5) is 0 Å². The van der Waals surface area contributed by atoms with E-state index in [0.717, 1.165) is 18.5 Å². The zero-order valence-corrected chi connectivity index (χ0v) is 12.7. The van der Waals surface area contributed by atoms with Crippen LogP contribution in [0.2, 0.25) is 0 Å². The highest BCUT2D eigenvalue weighted by molar-refractivity contribution is 5.94. The van der Waals surface area contributed by atoms with Gasteiger partial charge in [0.1, 0.15) is 5.84 Å². The van der Waals surface area contributed by atoms with Crippen LogP contribution in [0.3, 0.4) is 0 Å². The minimum atomic E-state index is -0.250. The zero-order valence-electron chi connectivity index (χ0n) is 12.7. The molecular formula is C15H23N5O2. The van der Waals surface area contributed by atoms with Gasteiger partial charge in [-0.3, -0.25) is 15.0 Å². The summed E-state index contributed by atoms with van der Waals surface area (Å²) in [6.07, 6.45) is 0.955. The van der Waals surface area contributed by atoms with Crippen LogP contribution in [0.25, 0.3) is 0 Å². The van der Waals surface area contributed by atoms with Gasteiger partial charge in [0.25, 0.3) is 0 Å². The van der Waals surface area contributed by atoms with E-state index >= 15 is 0 Å². The van der Waals surface area contributed by atoms with Crippen molar-refractivity contribution in [1.29, 1.82) is 5.41 Å². The fraction of sp³-hybridized carbons (Fsp3) is 0.400. The molecule has 0 atom stereocenters. The third kappa shape index (κ3) is 6.85. The largest absolute Gasteiger partial charge is 0.384 e. The lowest BCUT2D eigenvalue weighted by atomic mass is 10.1. The van der Waals surface area contributed by atoms with E-state index in [2.05, 4.69) is 16.0 Å². The molecule has 22 heavy (non-hydrogen) atoms. The third-order valence-corrected chi connectivity index (χ3v) is 2.91. The second-order valence-corrected chi connectivity index (χ2v) is 4.84. The summed E-state index contributed by atoms with van der Waals surface area (Å²) in [7, 11) is 0. The summed E-state index contributed by atoms with van der Waals surface area (Å²) in [5, 5.41) is 15.5. The maximum atomic E-state index is 11.6. The van der Waals surface area contributed by atoms with E-state index in [9.17, 15) is 9.59 Å². The average Bonchev–Trinajstić information content (AvgIpc) is 2.51. The monoisotopic (exact) mass is 305 g/mol. The van der Waals surface area contributed by atoms with Crippen molar-refractivity contribution in [3.05, 3.63) is 35.4 Å². The molecule has 6 N–H and O–H groups in total. The van der Waals surface area contributed by atoms with Crippen molar-refractivity contribution in [3.63, 3.8) is 0 Å². The predicted octanol–water partition coefficient (Wildman–Crippen LogP) is -0.297. The third-order valence-electron chi connectivity index (χ3n) is 2.91. The molecule has 1 aromatic carbocycles. The van der Waals surface area contributed by atoms with Crippen molar-refractivity contribution in [2.45, 2.75) is 19.9 Å². The maximum Gasteiger partial charge on any atom is 0.239 e. The van der Waals surface area contributed by atoms with Gasteiger partial charge in [0, 0.05) is 12.1 Å². The van der Waals surface area contributed by atoms with E-state index in [0.29, 0.717) is 12.1 Å².